The molecule has 8 N–H and O–H groups in total. The molecular formula is C20H44N8O4S-2. The molecule has 12 nitrogen and oxygen atoms in total. The van der Waals surface area contributed by atoms with Crippen LogP contribution >= 0.6 is 0 Å². The number of guanidine groups is 2. The number of likely N-dealkylation sites (tertiary alicyclic amines) is 2. The average molecular weight is 493 g/mol. The normalized spacial score (nSPS) is 18.5. The van der Waals surface area contributed by atoms with E-state index >= 15 is 0 Å². The summed E-state index contributed by atoms with van der Waals surface area (Å²) >= 11 is 0. The number of nitrogens with two attached hydrogens (primary N) is 4. The molecule has 13 heteroatoms. The van der Waals surface area contributed by atoms with Gasteiger partial charge in [0.1, 0.15) is 0 Å². The molecule has 2 aliphatic rings. The lowest BCUT2D eigenvalue weighted by molar-refractivity contribution is 0.254. The van der Waals surface area contributed by atoms with Crippen molar-refractivity contribution in [2.45, 2.75) is 64.2 Å². The third-order valence-corrected chi connectivity index (χ3v) is 5.32. The van der Waals surface area contributed by atoms with Gasteiger partial charge in [0.15, 0.2) is 11.9 Å². The van der Waals surface area contributed by atoms with Crippen LogP contribution in [0.1, 0.15) is 64.2 Å². The van der Waals surface area contributed by atoms with Crippen molar-refractivity contribution in [3.63, 3.8) is 0 Å². The zero-order valence-corrected chi connectivity index (χ0v) is 20.7. The minimum Gasteiger partial charge on any atom is -0.759 e. The third kappa shape index (κ3) is 26.5. The Kier molecular flexibility index (Phi) is 18.8. The number of rotatable bonds is 6. The van der Waals surface area contributed by atoms with E-state index in [-0.39, 0.29) is 11.9 Å². The summed E-state index contributed by atoms with van der Waals surface area (Å²) < 4.78 is 34.1. The Balaban J connectivity index is 0.000000517. The molecule has 0 aromatic heterocycles. The summed E-state index contributed by atoms with van der Waals surface area (Å²) in [6.45, 7) is 8.31. The zero-order valence-electron chi connectivity index (χ0n) is 19.9. The maximum atomic E-state index is 8.52. The van der Waals surface area contributed by atoms with Gasteiger partial charge in [-0.25, -0.2) is 0 Å². The molecule has 0 bridgehead atoms. The van der Waals surface area contributed by atoms with Gasteiger partial charge in [0.25, 0.3) is 0 Å². The second kappa shape index (κ2) is 19.8. The summed E-state index contributed by atoms with van der Waals surface area (Å²) in [5.74, 6) is 0.411. The highest BCUT2D eigenvalue weighted by atomic mass is 32.3. The molecule has 2 saturated heterocycles. The van der Waals surface area contributed by atoms with Crippen LogP contribution in [0.2, 0.25) is 0 Å². The summed E-state index contributed by atoms with van der Waals surface area (Å²) in [6.07, 6.45) is 13.6. The predicted octanol–water partition coefficient (Wildman–Crippen LogP) is -0.286. The Hall–Kier alpha value is -1.67. The molecule has 33 heavy (non-hydrogen) atoms. The van der Waals surface area contributed by atoms with Crippen LogP contribution in [-0.4, -0.2) is 91.6 Å². The number of hydrogen-bond acceptors (Lipinski definition) is 8. The summed E-state index contributed by atoms with van der Waals surface area (Å²) in [6, 6.07) is 0. The van der Waals surface area contributed by atoms with E-state index in [1.807, 2.05) is 0 Å². The summed E-state index contributed by atoms with van der Waals surface area (Å²) in [7, 11) is -5.17. The van der Waals surface area contributed by atoms with Crippen molar-refractivity contribution in [1.29, 1.82) is 0 Å². The predicted molar refractivity (Wildman–Crippen MR) is 131 cm³/mol. The van der Waals surface area contributed by atoms with Crippen LogP contribution in [0.3, 0.4) is 0 Å². The molecule has 2 aliphatic heterocycles. The lowest BCUT2D eigenvalue weighted by Crippen LogP contribution is -2.31. The summed E-state index contributed by atoms with van der Waals surface area (Å²) in [4.78, 5) is 12.9. The minimum atomic E-state index is -5.17. The largest absolute Gasteiger partial charge is 0.759 e. The smallest absolute Gasteiger partial charge is 0.185 e. The average Bonchev–Trinajstić information content (AvgIpc) is 2.63. The molecule has 0 unspecified atom stereocenters. The Morgan fingerprint density at radius 2 is 0.848 bits per heavy atom. The van der Waals surface area contributed by atoms with Gasteiger partial charge in [-0.2, -0.15) is 0 Å². The van der Waals surface area contributed by atoms with E-state index in [1.165, 1.54) is 90.4 Å². The van der Waals surface area contributed by atoms with Crippen LogP contribution in [-0.2, 0) is 10.4 Å². The highest BCUT2D eigenvalue weighted by molar-refractivity contribution is 7.79. The van der Waals surface area contributed by atoms with E-state index in [2.05, 4.69) is 19.8 Å². The monoisotopic (exact) mass is 492 g/mol. The Morgan fingerprint density at radius 3 is 1.09 bits per heavy atom. The Morgan fingerprint density at radius 1 is 0.606 bits per heavy atom. The van der Waals surface area contributed by atoms with Crippen LogP contribution in [0.15, 0.2) is 9.98 Å². The lowest BCUT2D eigenvalue weighted by Gasteiger charge is -2.23. The highest BCUT2D eigenvalue weighted by Gasteiger charge is 2.07. The van der Waals surface area contributed by atoms with E-state index in [9.17, 15) is 0 Å². The van der Waals surface area contributed by atoms with Gasteiger partial charge in [-0.05, 0) is 51.9 Å². The molecule has 0 aliphatic carbocycles. The highest BCUT2D eigenvalue weighted by Crippen LogP contribution is 2.10. The zero-order chi connectivity index (χ0) is 25.0. The number of hydrogen-bond donors (Lipinski definition) is 4. The van der Waals surface area contributed by atoms with Crippen LogP contribution in [0, 0.1) is 0 Å². The van der Waals surface area contributed by atoms with E-state index in [0.29, 0.717) is 0 Å². The number of aliphatic imine (C=N–C) groups is 2. The van der Waals surface area contributed by atoms with Crippen molar-refractivity contribution in [2.75, 3.05) is 52.4 Å². The van der Waals surface area contributed by atoms with Gasteiger partial charge >= 0.3 is 0 Å². The Labute approximate surface area is 199 Å². The van der Waals surface area contributed by atoms with E-state index in [1.54, 1.807) is 0 Å². The summed E-state index contributed by atoms with van der Waals surface area (Å²) in [5, 5.41) is 0. The van der Waals surface area contributed by atoms with Crippen molar-refractivity contribution >= 4 is 22.3 Å². The molecule has 2 fully saturated rings. The van der Waals surface area contributed by atoms with Gasteiger partial charge in [-0.3, -0.25) is 18.4 Å². The molecular weight excluding hydrogens is 448 g/mol. The fraction of sp³-hybridized carbons (Fsp3) is 0.900. The lowest BCUT2D eigenvalue weighted by atomic mass is 10.1. The molecule has 2 heterocycles. The Bertz CT molecular complexity index is 574. The molecule has 0 aromatic carbocycles. The van der Waals surface area contributed by atoms with Gasteiger partial charge in [0.05, 0.1) is 13.1 Å². The second-order valence-electron chi connectivity index (χ2n) is 8.24. The van der Waals surface area contributed by atoms with E-state index in [0.717, 1.165) is 26.2 Å². The van der Waals surface area contributed by atoms with Crippen molar-refractivity contribution in [3.8, 4) is 0 Å². The van der Waals surface area contributed by atoms with Crippen LogP contribution in [0.4, 0.5) is 0 Å². The standard InChI is InChI=1S/2C10H22N4.H2O4S/c2*11-10(12)13-6-9-14-7-4-2-1-3-5-8-14;1-5(2,3)4/h2*1-9H2,(H4,11,12,13);(H2,1,2,3,4)/p-2. The first-order chi connectivity index (χ1) is 15.6. The van der Waals surface area contributed by atoms with Gasteiger partial charge in [0.2, 0.25) is 0 Å². The summed E-state index contributed by atoms with van der Waals surface area (Å²) in [5.41, 5.74) is 21.1. The van der Waals surface area contributed by atoms with Crippen molar-refractivity contribution in [1.82, 2.24) is 9.80 Å². The SMILES string of the molecule is NC(N)=NCCN1CCCCCCC1.NC(N)=NCCN1CCCCCCC1.O=S(=O)([O-])[O-]. The quantitative estimate of drug-likeness (QED) is 0.164. The first kappa shape index (κ1) is 31.3. The molecule has 2 rings (SSSR count). The van der Waals surface area contributed by atoms with E-state index < -0.39 is 10.4 Å². The van der Waals surface area contributed by atoms with Crippen molar-refractivity contribution in [2.24, 2.45) is 32.9 Å². The minimum absolute atomic E-state index is 0.206. The molecule has 196 valence electrons. The maximum absolute atomic E-state index is 8.52. The third-order valence-electron chi connectivity index (χ3n) is 5.32. The second-order valence-corrected chi connectivity index (χ2v) is 9.06. The molecule has 0 radical (unpaired) electrons. The molecule has 0 aromatic rings. The fourth-order valence-corrected chi connectivity index (χ4v) is 3.71. The van der Waals surface area contributed by atoms with Crippen LogP contribution in [0.25, 0.3) is 0 Å². The van der Waals surface area contributed by atoms with Crippen molar-refractivity contribution < 1.29 is 17.5 Å². The fourth-order valence-electron chi connectivity index (χ4n) is 3.71. The molecule has 0 amide bonds. The molecule has 0 spiro atoms. The van der Waals surface area contributed by atoms with Crippen LogP contribution in [0.5, 0.6) is 0 Å². The van der Waals surface area contributed by atoms with Crippen molar-refractivity contribution in [3.05, 3.63) is 0 Å². The topological polar surface area (TPSA) is 216 Å². The van der Waals surface area contributed by atoms with Gasteiger partial charge in [-0.1, -0.05) is 38.5 Å². The van der Waals surface area contributed by atoms with Gasteiger partial charge < -0.3 is 41.8 Å². The first-order valence-electron chi connectivity index (χ1n) is 11.8. The molecule has 0 atom stereocenters. The first-order valence-corrected chi connectivity index (χ1v) is 13.1. The van der Waals surface area contributed by atoms with Gasteiger partial charge in [-0.15, -0.1) is 0 Å². The van der Waals surface area contributed by atoms with E-state index in [4.69, 9.17) is 40.5 Å². The maximum Gasteiger partial charge on any atom is 0.185 e. The van der Waals surface area contributed by atoms with Crippen LogP contribution < -0.4 is 22.9 Å². The molecule has 0 saturated carbocycles. The van der Waals surface area contributed by atoms with Gasteiger partial charge in [0, 0.05) is 23.5 Å². The number of nitrogens with zero attached hydrogens (tertiary/aromatic N) is 4.